The van der Waals surface area contributed by atoms with Crippen molar-refractivity contribution in [2.24, 2.45) is 0 Å². The molecule has 1 aliphatic heterocycles. The summed E-state index contributed by atoms with van der Waals surface area (Å²) >= 11 is 0. The van der Waals surface area contributed by atoms with Crippen LogP contribution in [0.5, 0.6) is 0 Å². The second-order valence-corrected chi connectivity index (χ2v) is 3.59. The quantitative estimate of drug-likeness (QED) is 0.610. The molecule has 1 aromatic rings. The molecule has 5 heteroatoms. The van der Waals surface area contributed by atoms with Crippen LogP contribution in [0.2, 0.25) is 0 Å². The van der Waals surface area contributed by atoms with Gasteiger partial charge in [-0.1, -0.05) is 6.07 Å². The van der Waals surface area contributed by atoms with Crippen molar-refractivity contribution in [3.63, 3.8) is 0 Å². The monoisotopic (exact) mass is 207 g/mol. The SMILES string of the molecule is O=C(N[C@H]1CCNC1)c1cccc(=O)[nH]1. The first-order valence-electron chi connectivity index (χ1n) is 4.96. The van der Waals surface area contributed by atoms with E-state index < -0.39 is 0 Å². The Hall–Kier alpha value is -1.62. The Morgan fingerprint density at radius 3 is 3.00 bits per heavy atom. The molecule has 2 rings (SSSR count). The van der Waals surface area contributed by atoms with Crippen LogP contribution in [-0.4, -0.2) is 30.0 Å². The molecule has 80 valence electrons. The highest BCUT2D eigenvalue weighted by atomic mass is 16.2. The van der Waals surface area contributed by atoms with Crippen molar-refractivity contribution in [1.82, 2.24) is 15.6 Å². The number of nitrogens with one attached hydrogen (secondary N) is 3. The summed E-state index contributed by atoms with van der Waals surface area (Å²) in [5.41, 5.74) is 0.0570. The third-order valence-corrected chi connectivity index (χ3v) is 2.41. The average Bonchev–Trinajstić information content (AvgIpc) is 2.70. The minimum atomic E-state index is -0.257. The van der Waals surface area contributed by atoms with Crippen LogP contribution in [0.25, 0.3) is 0 Å². The van der Waals surface area contributed by atoms with E-state index in [1.54, 1.807) is 12.1 Å². The predicted octanol–water partition coefficient (Wildman–Crippen LogP) is -0.533. The standard InChI is InChI=1S/C10H13N3O2/c14-9-3-1-2-8(13-9)10(15)12-7-4-5-11-6-7/h1-3,7,11H,4-6H2,(H,12,15)(H,13,14)/t7-/m0/s1. The smallest absolute Gasteiger partial charge is 0.268 e. The van der Waals surface area contributed by atoms with Gasteiger partial charge in [0.15, 0.2) is 0 Å². The molecule has 3 N–H and O–H groups in total. The molecule has 1 amide bonds. The molecular formula is C10H13N3O2. The number of hydrogen-bond donors (Lipinski definition) is 3. The number of carbonyl (C=O) groups excluding carboxylic acids is 1. The summed E-state index contributed by atoms with van der Waals surface area (Å²) in [5, 5.41) is 6.00. The molecule has 1 fully saturated rings. The van der Waals surface area contributed by atoms with Crippen molar-refractivity contribution < 1.29 is 4.79 Å². The Morgan fingerprint density at radius 2 is 2.33 bits per heavy atom. The zero-order chi connectivity index (χ0) is 10.7. The second-order valence-electron chi connectivity index (χ2n) is 3.59. The summed E-state index contributed by atoms with van der Waals surface area (Å²) in [7, 11) is 0. The lowest BCUT2D eigenvalue weighted by Crippen LogP contribution is -2.37. The van der Waals surface area contributed by atoms with E-state index in [2.05, 4.69) is 15.6 Å². The van der Waals surface area contributed by atoms with Crippen LogP contribution in [0.3, 0.4) is 0 Å². The fraction of sp³-hybridized carbons (Fsp3) is 0.400. The molecule has 0 spiro atoms. The molecule has 15 heavy (non-hydrogen) atoms. The van der Waals surface area contributed by atoms with E-state index in [0.29, 0.717) is 5.69 Å². The van der Waals surface area contributed by atoms with Gasteiger partial charge in [0.2, 0.25) is 5.56 Å². The highest BCUT2D eigenvalue weighted by molar-refractivity contribution is 5.92. The van der Waals surface area contributed by atoms with Gasteiger partial charge in [0.05, 0.1) is 0 Å². The summed E-state index contributed by atoms with van der Waals surface area (Å²) in [6.07, 6.45) is 0.933. The van der Waals surface area contributed by atoms with Crippen molar-refractivity contribution in [3.05, 3.63) is 34.2 Å². The summed E-state index contributed by atoms with van der Waals surface area (Å²) in [6, 6.07) is 4.72. The Morgan fingerprint density at radius 1 is 1.47 bits per heavy atom. The number of carbonyl (C=O) groups is 1. The first-order valence-corrected chi connectivity index (χ1v) is 4.96. The topological polar surface area (TPSA) is 74.0 Å². The van der Waals surface area contributed by atoms with E-state index in [1.165, 1.54) is 6.07 Å². The van der Waals surface area contributed by atoms with Crippen molar-refractivity contribution in [3.8, 4) is 0 Å². The minimum Gasteiger partial charge on any atom is -0.347 e. The molecule has 1 aliphatic rings. The molecule has 0 saturated carbocycles. The number of rotatable bonds is 2. The molecule has 2 heterocycles. The van der Waals surface area contributed by atoms with Gasteiger partial charge in [0.1, 0.15) is 5.69 Å². The Balaban J connectivity index is 2.04. The highest BCUT2D eigenvalue weighted by Crippen LogP contribution is 1.99. The summed E-state index contributed by atoms with van der Waals surface area (Å²) in [4.78, 5) is 25.1. The lowest BCUT2D eigenvalue weighted by Gasteiger charge is -2.10. The zero-order valence-electron chi connectivity index (χ0n) is 8.25. The van der Waals surface area contributed by atoms with Gasteiger partial charge >= 0.3 is 0 Å². The molecule has 1 saturated heterocycles. The van der Waals surface area contributed by atoms with Crippen molar-refractivity contribution in [2.45, 2.75) is 12.5 Å². The number of H-pyrrole nitrogens is 1. The van der Waals surface area contributed by atoms with E-state index in [9.17, 15) is 9.59 Å². The van der Waals surface area contributed by atoms with Gasteiger partial charge in [0, 0.05) is 18.7 Å². The Kier molecular flexibility index (Phi) is 2.82. The van der Waals surface area contributed by atoms with E-state index in [0.717, 1.165) is 19.5 Å². The molecule has 0 radical (unpaired) electrons. The first-order chi connectivity index (χ1) is 7.25. The van der Waals surface area contributed by atoms with E-state index in [-0.39, 0.29) is 17.5 Å². The van der Waals surface area contributed by atoms with E-state index in [1.807, 2.05) is 0 Å². The highest BCUT2D eigenvalue weighted by Gasteiger charge is 2.17. The third-order valence-electron chi connectivity index (χ3n) is 2.41. The lowest BCUT2D eigenvalue weighted by atomic mass is 10.2. The van der Waals surface area contributed by atoms with Gasteiger partial charge in [-0.15, -0.1) is 0 Å². The maximum absolute atomic E-state index is 11.6. The molecule has 1 atom stereocenters. The third kappa shape index (κ3) is 2.44. The van der Waals surface area contributed by atoms with Gasteiger partial charge in [-0.25, -0.2) is 0 Å². The first kappa shape index (κ1) is 9.92. The predicted molar refractivity (Wildman–Crippen MR) is 55.8 cm³/mol. The number of aromatic nitrogens is 1. The molecular weight excluding hydrogens is 194 g/mol. The van der Waals surface area contributed by atoms with Crippen LogP contribution < -0.4 is 16.2 Å². The minimum absolute atomic E-state index is 0.168. The fourth-order valence-corrected chi connectivity index (χ4v) is 1.62. The lowest BCUT2D eigenvalue weighted by molar-refractivity contribution is 0.0935. The van der Waals surface area contributed by atoms with Crippen molar-refractivity contribution in [1.29, 1.82) is 0 Å². The molecule has 0 aromatic carbocycles. The summed E-state index contributed by atoms with van der Waals surface area (Å²) in [5.74, 6) is -0.221. The number of amides is 1. The fourth-order valence-electron chi connectivity index (χ4n) is 1.62. The van der Waals surface area contributed by atoms with Gasteiger partial charge in [-0.3, -0.25) is 9.59 Å². The molecule has 5 nitrogen and oxygen atoms in total. The number of aromatic amines is 1. The van der Waals surface area contributed by atoms with E-state index in [4.69, 9.17) is 0 Å². The number of pyridine rings is 1. The van der Waals surface area contributed by atoms with Crippen LogP contribution >= 0.6 is 0 Å². The maximum atomic E-state index is 11.6. The average molecular weight is 207 g/mol. The van der Waals surface area contributed by atoms with Gasteiger partial charge < -0.3 is 15.6 Å². The van der Waals surface area contributed by atoms with Crippen molar-refractivity contribution >= 4 is 5.91 Å². The normalized spacial score (nSPS) is 20.1. The van der Waals surface area contributed by atoms with Crippen LogP contribution in [0.15, 0.2) is 23.0 Å². The van der Waals surface area contributed by atoms with Crippen LogP contribution in [0.4, 0.5) is 0 Å². The number of hydrogen-bond acceptors (Lipinski definition) is 3. The molecule has 1 aromatic heterocycles. The molecule has 0 aliphatic carbocycles. The van der Waals surface area contributed by atoms with Crippen molar-refractivity contribution in [2.75, 3.05) is 13.1 Å². The van der Waals surface area contributed by atoms with Crippen LogP contribution in [0, 0.1) is 0 Å². The maximum Gasteiger partial charge on any atom is 0.268 e. The summed E-state index contributed by atoms with van der Waals surface area (Å²) in [6.45, 7) is 1.72. The van der Waals surface area contributed by atoms with Gasteiger partial charge in [-0.2, -0.15) is 0 Å². The molecule has 0 unspecified atom stereocenters. The Bertz CT molecular complexity index is 407. The second kappa shape index (κ2) is 4.27. The Labute approximate surface area is 86.9 Å². The van der Waals surface area contributed by atoms with Gasteiger partial charge in [0.25, 0.3) is 5.91 Å². The largest absolute Gasteiger partial charge is 0.347 e. The van der Waals surface area contributed by atoms with Gasteiger partial charge in [-0.05, 0) is 19.0 Å². The van der Waals surface area contributed by atoms with Crippen LogP contribution in [0.1, 0.15) is 16.9 Å². The van der Waals surface area contributed by atoms with E-state index >= 15 is 0 Å². The zero-order valence-corrected chi connectivity index (χ0v) is 8.25. The van der Waals surface area contributed by atoms with Crippen LogP contribution in [-0.2, 0) is 0 Å². The molecule has 0 bridgehead atoms. The summed E-state index contributed by atoms with van der Waals surface area (Å²) < 4.78 is 0.